The van der Waals surface area contributed by atoms with Crippen LogP contribution in [-0.2, 0) is 13.1 Å². The third-order valence-corrected chi connectivity index (χ3v) is 3.75. The zero-order chi connectivity index (χ0) is 13.9. The Morgan fingerprint density at radius 1 is 1.35 bits per heavy atom. The molecule has 1 N–H and O–H groups in total. The first kappa shape index (κ1) is 13.1. The van der Waals surface area contributed by atoms with Crippen molar-refractivity contribution in [2.75, 3.05) is 20.2 Å². The molecule has 1 aliphatic heterocycles. The Kier molecular flexibility index (Phi) is 3.71. The lowest BCUT2D eigenvalue weighted by atomic mass is 10.1. The van der Waals surface area contributed by atoms with Crippen molar-refractivity contribution in [1.82, 2.24) is 14.5 Å². The van der Waals surface area contributed by atoms with Crippen molar-refractivity contribution in [1.29, 1.82) is 0 Å². The van der Waals surface area contributed by atoms with Crippen LogP contribution in [0.5, 0.6) is 5.75 Å². The van der Waals surface area contributed by atoms with Gasteiger partial charge in [0.1, 0.15) is 11.6 Å². The lowest BCUT2D eigenvalue weighted by Gasteiger charge is -2.29. The summed E-state index contributed by atoms with van der Waals surface area (Å²) in [4.78, 5) is 6.56. The van der Waals surface area contributed by atoms with Crippen LogP contribution in [0.1, 0.15) is 17.5 Å². The molecule has 5 nitrogen and oxygen atoms in total. The summed E-state index contributed by atoms with van der Waals surface area (Å²) in [6, 6.07) is 7.62. The van der Waals surface area contributed by atoms with Crippen molar-refractivity contribution in [3.05, 3.63) is 48.0 Å². The molecule has 20 heavy (non-hydrogen) atoms. The topological polar surface area (TPSA) is 50.5 Å². The van der Waals surface area contributed by atoms with E-state index in [2.05, 4.69) is 14.5 Å². The lowest BCUT2D eigenvalue weighted by Crippen LogP contribution is -2.36. The number of ether oxygens (including phenoxy) is 1. The molecule has 1 aromatic carbocycles. The van der Waals surface area contributed by atoms with Crippen LogP contribution in [0.15, 0.2) is 36.7 Å². The Hall–Kier alpha value is -1.85. The second-order valence-electron chi connectivity index (χ2n) is 5.03. The number of benzene rings is 1. The second-order valence-corrected chi connectivity index (χ2v) is 5.03. The molecule has 1 aromatic heterocycles. The fourth-order valence-electron chi connectivity index (χ4n) is 2.66. The number of nitrogens with zero attached hydrogens (tertiary/aromatic N) is 3. The van der Waals surface area contributed by atoms with Crippen LogP contribution in [-0.4, -0.2) is 39.8 Å². The van der Waals surface area contributed by atoms with E-state index in [-0.39, 0.29) is 0 Å². The number of aliphatic hydroxyl groups excluding tert-OH is 1. The molecule has 3 rings (SSSR count). The molecule has 2 heterocycles. The molecular formula is C15H19N3O2. The van der Waals surface area contributed by atoms with Gasteiger partial charge in [0.05, 0.1) is 19.8 Å². The molecule has 0 aliphatic carbocycles. The van der Waals surface area contributed by atoms with Gasteiger partial charge in [-0.2, -0.15) is 0 Å². The van der Waals surface area contributed by atoms with Gasteiger partial charge in [-0.1, -0.05) is 18.2 Å². The van der Waals surface area contributed by atoms with E-state index >= 15 is 0 Å². The van der Waals surface area contributed by atoms with Crippen LogP contribution < -0.4 is 4.74 Å². The first-order valence-electron chi connectivity index (χ1n) is 6.81. The van der Waals surface area contributed by atoms with Crippen molar-refractivity contribution in [3.8, 4) is 5.75 Å². The van der Waals surface area contributed by atoms with E-state index in [1.165, 1.54) is 0 Å². The fraction of sp³-hybridized carbons (Fsp3) is 0.400. The number of aromatic nitrogens is 2. The summed E-state index contributed by atoms with van der Waals surface area (Å²) in [5, 5.41) is 10.4. The maximum atomic E-state index is 10.4. The van der Waals surface area contributed by atoms with Gasteiger partial charge in [-0.25, -0.2) is 4.98 Å². The van der Waals surface area contributed by atoms with E-state index < -0.39 is 6.10 Å². The molecule has 1 unspecified atom stereocenters. The van der Waals surface area contributed by atoms with Gasteiger partial charge in [0.25, 0.3) is 0 Å². The zero-order valence-electron chi connectivity index (χ0n) is 11.6. The number of imidazole rings is 1. The Bertz CT molecular complexity index is 582. The van der Waals surface area contributed by atoms with Crippen molar-refractivity contribution in [3.63, 3.8) is 0 Å². The average molecular weight is 273 g/mol. The van der Waals surface area contributed by atoms with Gasteiger partial charge < -0.3 is 14.4 Å². The molecule has 1 aliphatic rings. The summed E-state index contributed by atoms with van der Waals surface area (Å²) in [5.74, 6) is 1.79. The third kappa shape index (κ3) is 2.55. The molecule has 0 spiro atoms. The number of para-hydroxylation sites is 1. The quantitative estimate of drug-likeness (QED) is 0.916. The molecule has 0 fully saturated rings. The molecule has 1 atom stereocenters. The third-order valence-electron chi connectivity index (χ3n) is 3.75. The SMILES string of the molecule is COc1ccccc1C(O)CN1CCn2ccnc2C1. The van der Waals surface area contributed by atoms with Crippen LogP contribution >= 0.6 is 0 Å². The highest BCUT2D eigenvalue weighted by Gasteiger charge is 2.21. The van der Waals surface area contributed by atoms with Gasteiger partial charge >= 0.3 is 0 Å². The van der Waals surface area contributed by atoms with Gasteiger partial charge in [0, 0.05) is 37.6 Å². The average Bonchev–Trinajstić information content (AvgIpc) is 2.94. The van der Waals surface area contributed by atoms with Crippen LogP contribution in [0.2, 0.25) is 0 Å². The van der Waals surface area contributed by atoms with E-state index in [0.29, 0.717) is 6.54 Å². The maximum Gasteiger partial charge on any atom is 0.124 e. The van der Waals surface area contributed by atoms with Crippen LogP contribution in [0.4, 0.5) is 0 Å². The molecule has 0 saturated carbocycles. The highest BCUT2D eigenvalue weighted by molar-refractivity contribution is 5.35. The standard InChI is InChI=1S/C15H19N3O2/c1-20-14-5-3-2-4-12(14)13(19)10-17-8-9-18-7-6-16-15(18)11-17/h2-7,13,19H,8-11H2,1H3. The first-order valence-corrected chi connectivity index (χ1v) is 6.81. The predicted octanol–water partition coefficient (Wildman–Crippen LogP) is 1.44. The smallest absolute Gasteiger partial charge is 0.124 e. The van der Waals surface area contributed by atoms with E-state index in [0.717, 1.165) is 36.8 Å². The van der Waals surface area contributed by atoms with Gasteiger partial charge in [-0.3, -0.25) is 4.90 Å². The summed E-state index contributed by atoms with van der Waals surface area (Å²) < 4.78 is 7.46. The molecule has 0 saturated heterocycles. The number of hydrogen-bond acceptors (Lipinski definition) is 4. The van der Waals surface area contributed by atoms with Gasteiger partial charge in [0.2, 0.25) is 0 Å². The van der Waals surface area contributed by atoms with Gasteiger partial charge in [-0.05, 0) is 6.07 Å². The van der Waals surface area contributed by atoms with Gasteiger partial charge in [0.15, 0.2) is 0 Å². The minimum absolute atomic E-state index is 0.548. The number of hydrogen-bond donors (Lipinski definition) is 1. The number of β-amino-alcohol motifs (C(OH)–C–C–N with tert-alkyl or cyclic N) is 1. The number of methoxy groups -OCH3 is 1. The Morgan fingerprint density at radius 2 is 2.20 bits per heavy atom. The molecule has 5 heteroatoms. The summed E-state index contributed by atoms with van der Waals surface area (Å²) >= 11 is 0. The predicted molar refractivity (Wildman–Crippen MR) is 75.5 cm³/mol. The summed E-state index contributed by atoms with van der Waals surface area (Å²) in [5.41, 5.74) is 0.837. The molecule has 0 amide bonds. The maximum absolute atomic E-state index is 10.4. The Labute approximate surface area is 118 Å². The second kappa shape index (κ2) is 5.64. The van der Waals surface area contributed by atoms with Crippen molar-refractivity contribution in [2.45, 2.75) is 19.2 Å². The van der Waals surface area contributed by atoms with Crippen molar-refractivity contribution >= 4 is 0 Å². The van der Waals surface area contributed by atoms with E-state index in [1.54, 1.807) is 7.11 Å². The number of aliphatic hydroxyl groups is 1. The van der Waals surface area contributed by atoms with Crippen LogP contribution in [0, 0.1) is 0 Å². The Balaban J connectivity index is 1.69. The monoisotopic (exact) mass is 273 g/mol. The summed E-state index contributed by atoms with van der Waals surface area (Å²) in [6.45, 7) is 3.22. The molecule has 0 radical (unpaired) electrons. The minimum atomic E-state index is -0.548. The molecular weight excluding hydrogens is 254 g/mol. The van der Waals surface area contributed by atoms with Crippen LogP contribution in [0.3, 0.4) is 0 Å². The highest BCUT2D eigenvalue weighted by atomic mass is 16.5. The Morgan fingerprint density at radius 3 is 3.05 bits per heavy atom. The normalized spacial score (nSPS) is 16.7. The van der Waals surface area contributed by atoms with Gasteiger partial charge in [-0.15, -0.1) is 0 Å². The minimum Gasteiger partial charge on any atom is -0.496 e. The highest BCUT2D eigenvalue weighted by Crippen LogP contribution is 2.26. The molecule has 106 valence electrons. The number of rotatable bonds is 4. The molecule has 2 aromatic rings. The number of fused-ring (bicyclic) bond motifs is 1. The summed E-state index contributed by atoms with van der Waals surface area (Å²) in [7, 11) is 1.63. The van der Waals surface area contributed by atoms with E-state index in [4.69, 9.17) is 4.74 Å². The molecule has 0 bridgehead atoms. The summed E-state index contributed by atoms with van der Waals surface area (Å²) in [6.07, 6.45) is 3.28. The fourth-order valence-corrected chi connectivity index (χ4v) is 2.66. The van der Waals surface area contributed by atoms with Crippen molar-refractivity contribution in [2.24, 2.45) is 0 Å². The lowest BCUT2D eigenvalue weighted by molar-refractivity contribution is 0.0943. The van der Waals surface area contributed by atoms with E-state index in [9.17, 15) is 5.11 Å². The zero-order valence-corrected chi connectivity index (χ0v) is 11.6. The van der Waals surface area contributed by atoms with Crippen molar-refractivity contribution < 1.29 is 9.84 Å². The van der Waals surface area contributed by atoms with E-state index in [1.807, 2.05) is 36.7 Å². The first-order chi connectivity index (χ1) is 9.78. The largest absolute Gasteiger partial charge is 0.496 e. The van der Waals surface area contributed by atoms with Crippen LogP contribution in [0.25, 0.3) is 0 Å².